The number of methoxy groups -OCH3 is 1. The maximum absolute atomic E-state index is 10.7. The lowest BCUT2D eigenvalue weighted by Gasteiger charge is -2.33. The van der Waals surface area contributed by atoms with Gasteiger partial charge in [0.25, 0.3) is 0 Å². The Kier molecular flexibility index (Phi) is 5.34. The van der Waals surface area contributed by atoms with E-state index in [0.29, 0.717) is 10.9 Å². The summed E-state index contributed by atoms with van der Waals surface area (Å²) in [4.78, 5) is 0. The highest BCUT2D eigenvalue weighted by Crippen LogP contribution is 2.41. The lowest BCUT2D eigenvalue weighted by Crippen LogP contribution is -2.23. The van der Waals surface area contributed by atoms with Crippen molar-refractivity contribution in [3.63, 3.8) is 0 Å². The zero-order chi connectivity index (χ0) is 14.7. The van der Waals surface area contributed by atoms with Crippen molar-refractivity contribution in [1.82, 2.24) is 0 Å². The Bertz CT molecular complexity index is 437. The number of rotatable bonds is 4. The fourth-order valence-corrected chi connectivity index (χ4v) is 3.50. The van der Waals surface area contributed by atoms with E-state index in [2.05, 4.69) is 13.8 Å². The van der Waals surface area contributed by atoms with Gasteiger partial charge in [-0.2, -0.15) is 0 Å². The van der Waals surface area contributed by atoms with E-state index >= 15 is 0 Å². The molecule has 2 nitrogen and oxygen atoms in total. The zero-order valence-corrected chi connectivity index (χ0v) is 13.4. The topological polar surface area (TPSA) is 29.5 Å². The highest BCUT2D eigenvalue weighted by Gasteiger charge is 2.30. The minimum atomic E-state index is -0.475. The van der Waals surface area contributed by atoms with Crippen LogP contribution in [-0.4, -0.2) is 12.2 Å². The van der Waals surface area contributed by atoms with Crippen LogP contribution in [0.4, 0.5) is 0 Å². The summed E-state index contributed by atoms with van der Waals surface area (Å²) < 4.78 is 5.35. The predicted molar refractivity (Wildman–Crippen MR) is 83.2 cm³/mol. The molecule has 1 unspecified atom stereocenters. The Morgan fingerprint density at radius 1 is 1.15 bits per heavy atom. The summed E-state index contributed by atoms with van der Waals surface area (Å²) in [5, 5.41) is 11.3. The third kappa shape index (κ3) is 3.48. The van der Waals surface area contributed by atoms with Gasteiger partial charge in [-0.05, 0) is 61.6 Å². The molecule has 1 saturated carbocycles. The number of hydrogen-bond donors (Lipinski definition) is 1. The molecule has 0 bridgehead atoms. The monoisotopic (exact) mass is 296 g/mol. The van der Waals surface area contributed by atoms with Crippen molar-refractivity contribution in [3.05, 3.63) is 28.8 Å². The number of ether oxygens (including phenoxy) is 1. The molecule has 2 rings (SSSR count). The minimum Gasteiger partial charge on any atom is -0.496 e. The van der Waals surface area contributed by atoms with Crippen molar-refractivity contribution in [2.45, 2.75) is 45.6 Å². The Morgan fingerprint density at radius 3 is 2.30 bits per heavy atom. The third-order valence-electron chi connectivity index (χ3n) is 4.72. The van der Waals surface area contributed by atoms with E-state index in [9.17, 15) is 5.11 Å². The molecule has 1 atom stereocenters. The first-order valence-corrected chi connectivity index (χ1v) is 7.92. The van der Waals surface area contributed by atoms with Gasteiger partial charge in [0.05, 0.1) is 13.2 Å². The van der Waals surface area contributed by atoms with Gasteiger partial charge in [0.15, 0.2) is 0 Å². The summed E-state index contributed by atoms with van der Waals surface area (Å²) in [5.41, 5.74) is 0.827. The first-order chi connectivity index (χ1) is 9.52. The van der Waals surface area contributed by atoms with Gasteiger partial charge in [-0.1, -0.05) is 25.4 Å². The molecule has 0 radical (unpaired) electrons. The molecule has 3 heteroatoms. The molecule has 0 spiro atoms. The normalized spacial score (nSPS) is 24.7. The van der Waals surface area contributed by atoms with Gasteiger partial charge >= 0.3 is 0 Å². The zero-order valence-electron chi connectivity index (χ0n) is 12.6. The molecule has 0 aromatic heterocycles. The van der Waals surface area contributed by atoms with Crippen molar-refractivity contribution in [2.75, 3.05) is 7.11 Å². The minimum absolute atomic E-state index is 0.317. The van der Waals surface area contributed by atoms with E-state index in [1.807, 2.05) is 12.1 Å². The first kappa shape index (κ1) is 15.7. The molecule has 1 aliphatic rings. The maximum atomic E-state index is 10.7. The van der Waals surface area contributed by atoms with E-state index in [1.165, 1.54) is 12.8 Å². The lowest BCUT2D eigenvalue weighted by atomic mass is 9.74. The highest BCUT2D eigenvalue weighted by molar-refractivity contribution is 6.30. The second kappa shape index (κ2) is 6.82. The maximum Gasteiger partial charge on any atom is 0.124 e. The van der Waals surface area contributed by atoms with E-state index in [1.54, 1.807) is 13.2 Å². The largest absolute Gasteiger partial charge is 0.496 e. The standard InChI is InChI=1S/C17H25ClO2/c1-11(2)12-4-6-13(7-5-12)17(19)15-10-14(18)8-9-16(15)20-3/h8-13,17,19H,4-7H2,1-3H3. The van der Waals surface area contributed by atoms with Gasteiger partial charge < -0.3 is 9.84 Å². The molecular formula is C17H25ClO2. The molecule has 1 aromatic carbocycles. The van der Waals surface area contributed by atoms with Crippen LogP contribution in [0.2, 0.25) is 5.02 Å². The summed E-state index contributed by atoms with van der Waals surface area (Å²) in [6.07, 6.45) is 4.11. The fourth-order valence-electron chi connectivity index (χ4n) is 3.32. The van der Waals surface area contributed by atoms with Gasteiger partial charge in [-0.3, -0.25) is 0 Å². The van der Waals surface area contributed by atoms with Crippen molar-refractivity contribution in [1.29, 1.82) is 0 Å². The molecule has 1 aliphatic carbocycles. The van der Waals surface area contributed by atoms with Crippen LogP contribution >= 0.6 is 11.6 Å². The van der Waals surface area contributed by atoms with Crippen molar-refractivity contribution in [2.24, 2.45) is 17.8 Å². The van der Waals surface area contributed by atoms with Crippen LogP contribution in [0.15, 0.2) is 18.2 Å². The highest BCUT2D eigenvalue weighted by atomic mass is 35.5. The molecule has 20 heavy (non-hydrogen) atoms. The summed E-state index contributed by atoms with van der Waals surface area (Å²) in [7, 11) is 1.63. The molecule has 0 aliphatic heterocycles. The van der Waals surface area contributed by atoms with Crippen LogP contribution < -0.4 is 4.74 Å². The van der Waals surface area contributed by atoms with Crippen LogP contribution in [-0.2, 0) is 0 Å². The Balaban J connectivity index is 2.09. The summed E-state index contributed by atoms with van der Waals surface area (Å²) in [6.45, 7) is 4.59. The van der Waals surface area contributed by atoms with Crippen molar-refractivity contribution in [3.8, 4) is 5.75 Å². The van der Waals surface area contributed by atoms with E-state index in [0.717, 1.165) is 36.0 Å². The van der Waals surface area contributed by atoms with Crippen LogP contribution in [0.5, 0.6) is 5.75 Å². The molecule has 1 fully saturated rings. The number of hydrogen-bond acceptors (Lipinski definition) is 2. The number of aliphatic hydroxyl groups is 1. The lowest BCUT2D eigenvalue weighted by molar-refractivity contribution is 0.0649. The fraction of sp³-hybridized carbons (Fsp3) is 0.647. The number of benzene rings is 1. The first-order valence-electron chi connectivity index (χ1n) is 7.54. The molecule has 112 valence electrons. The van der Waals surface area contributed by atoms with E-state index in [4.69, 9.17) is 16.3 Å². The molecule has 0 saturated heterocycles. The molecular weight excluding hydrogens is 272 g/mol. The molecule has 0 amide bonds. The quantitative estimate of drug-likeness (QED) is 0.861. The summed E-state index contributed by atoms with van der Waals surface area (Å²) in [5.74, 6) is 2.60. The Morgan fingerprint density at radius 2 is 1.75 bits per heavy atom. The van der Waals surface area contributed by atoms with Crippen LogP contribution in [0.3, 0.4) is 0 Å². The third-order valence-corrected chi connectivity index (χ3v) is 4.95. The number of halogens is 1. The van der Waals surface area contributed by atoms with Crippen LogP contribution in [0.1, 0.15) is 51.2 Å². The van der Waals surface area contributed by atoms with Gasteiger partial charge in [-0.25, -0.2) is 0 Å². The van der Waals surface area contributed by atoms with Crippen molar-refractivity contribution < 1.29 is 9.84 Å². The average molecular weight is 297 g/mol. The Hall–Kier alpha value is -0.730. The second-order valence-electron chi connectivity index (χ2n) is 6.25. The SMILES string of the molecule is COc1ccc(Cl)cc1C(O)C1CCC(C(C)C)CC1. The molecule has 1 aromatic rings. The Labute approximate surface area is 127 Å². The van der Waals surface area contributed by atoms with Gasteiger partial charge in [0, 0.05) is 10.6 Å². The molecule has 1 N–H and O–H groups in total. The second-order valence-corrected chi connectivity index (χ2v) is 6.69. The smallest absolute Gasteiger partial charge is 0.124 e. The van der Waals surface area contributed by atoms with Gasteiger partial charge in [0.2, 0.25) is 0 Å². The summed E-state index contributed by atoms with van der Waals surface area (Å²) in [6, 6.07) is 5.46. The number of aliphatic hydroxyl groups excluding tert-OH is 1. The van der Waals surface area contributed by atoms with E-state index < -0.39 is 6.10 Å². The van der Waals surface area contributed by atoms with Gasteiger partial charge in [0.1, 0.15) is 5.75 Å². The van der Waals surface area contributed by atoms with Crippen molar-refractivity contribution >= 4 is 11.6 Å². The summed E-state index contributed by atoms with van der Waals surface area (Å²) >= 11 is 6.05. The molecule has 0 heterocycles. The van der Waals surface area contributed by atoms with Crippen LogP contribution in [0.25, 0.3) is 0 Å². The van der Waals surface area contributed by atoms with Gasteiger partial charge in [-0.15, -0.1) is 0 Å². The predicted octanol–water partition coefficient (Wildman–Crippen LogP) is 4.84. The average Bonchev–Trinajstić information content (AvgIpc) is 2.46. The van der Waals surface area contributed by atoms with Crippen LogP contribution in [0, 0.1) is 17.8 Å². The van der Waals surface area contributed by atoms with E-state index in [-0.39, 0.29) is 0 Å².